The highest BCUT2D eigenvalue weighted by Gasteiger charge is 2.49. The van der Waals surface area contributed by atoms with E-state index in [1.165, 1.54) is 43.7 Å². The van der Waals surface area contributed by atoms with Crippen LogP contribution in [-0.2, 0) is 16.0 Å². The Kier molecular flexibility index (Phi) is 4.90. The van der Waals surface area contributed by atoms with Crippen LogP contribution in [0.3, 0.4) is 0 Å². The Labute approximate surface area is 142 Å². The molecule has 0 amide bonds. The van der Waals surface area contributed by atoms with Crippen molar-refractivity contribution in [2.45, 2.75) is 36.7 Å². The average Bonchev–Trinajstić information content (AvgIpc) is 2.99. The van der Waals surface area contributed by atoms with Gasteiger partial charge >= 0.3 is 0 Å². The number of hydrogen-bond acceptors (Lipinski definition) is 5. The molecule has 126 valence electrons. The normalized spacial score (nSPS) is 28.1. The second-order valence-corrected chi connectivity index (χ2v) is 8.70. The summed E-state index contributed by atoms with van der Waals surface area (Å²) in [7, 11) is 0. The van der Waals surface area contributed by atoms with E-state index in [4.69, 9.17) is 9.47 Å². The zero-order valence-corrected chi connectivity index (χ0v) is 14.5. The van der Waals surface area contributed by atoms with Crippen molar-refractivity contribution in [3.05, 3.63) is 30.1 Å². The van der Waals surface area contributed by atoms with E-state index in [2.05, 4.69) is 33.8 Å². The van der Waals surface area contributed by atoms with Crippen LogP contribution in [0.1, 0.15) is 24.8 Å². The van der Waals surface area contributed by atoms with Gasteiger partial charge in [-0.15, -0.1) is 11.8 Å². The molecule has 0 bridgehead atoms. The molecule has 23 heavy (non-hydrogen) atoms. The Bertz CT molecular complexity index is 501. The molecule has 5 heteroatoms. The maximum atomic E-state index is 6.22. The average molecular weight is 334 g/mol. The van der Waals surface area contributed by atoms with Crippen molar-refractivity contribution in [2.75, 3.05) is 38.7 Å². The lowest BCUT2D eigenvalue weighted by Crippen LogP contribution is -2.58. The van der Waals surface area contributed by atoms with E-state index in [0.717, 1.165) is 32.3 Å². The van der Waals surface area contributed by atoms with Gasteiger partial charge < -0.3 is 9.47 Å². The molecule has 0 N–H and O–H groups in total. The summed E-state index contributed by atoms with van der Waals surface area (Å²) in [6, 6.07) is 4.24. The molecule has 4 rings (SSSR count). The summed E-state index contributed by atoms with van der Waals surface area (Å²) in [6.07, 6.45) is 7.81. The van der Waals surface area contributed by atoms with Crippen LogP contribution in [0.25, 0.3) is 0 Å². The van der Waals surface area contributed by atoms with Gasteiger partial charge in [0.25, 0.3) is 0 Å². The van der Waals surface area contributed by atoms with Crippen LogP contribution < -0.4 is 0 Å². The Balaban J connectivity index is 1.19. The molecule has 1 aromatic heterocycles. The first-order valence-corrected chi connectivity index (χ1v) is 9.74. The third-order valence-corrected chi connectivity index (χ3v) is 6.84. The maximum absolute atomic E-state index is 6.22. The van der Waals surface area contributed by atoms with Crippen molar-refractivity contribution in [3.8, 4) is 0 Å². The van der Waals surface area contributed by atoms with Gasteiger partial charge in [0.1, 0.15) is 0 Å². The first-order valence-electron chi connectivity index (χ1n) is 8.76. The van der Waals surface area contributed by atoms with Crippen LogP contribution in [-0.4, -0.2) is 59.4 Å². The van der Waals surface area contributed by atoms with E-state index in [9.17, 15) is 0 Å². The van der Waals surface area contributed by atoms with E-state index < -0.39 is 0 Å². The van der Waals surface area contributed by atoms with Gasteiger partial charge in [0.15, 0.2) is 0 Å². The van der Waals surface area contributed by atoms with Crippen LogP contribution >= 0.6 is 11.8 Å². The topological polar surface area (TPSA) is 34.6 Å². The molecule has 0 unspecified atom stereocenters. The van der Waals surface area contributed by atoms with Crippen molar-refractivity contribution in [1.82, 2.24) is 9.88 Å². The van der Waals surface area contributed by atoms with Crippen LogP contribution in [0.2, 0.25) is 0 Å². The smallest absolute Gasteiger partial charge is 0.0680 e. The van der Waals surface area contributed by atoms with Crippen molar-refractivity contribution in [3.63, 3.8) is 0 Å². The molecule has 3 saturated heterocycles. The molecule has 1 spiro atoms. The molecule has 3 aliphatic rings. The minimum Gasteiger partial charge on any atom is -0.381 e. The lowest BCUT2D eigenvalue weighted by molar-refractivity contribution is -0.0133. The largest absolute Gasteiger partial charge is 0.381 e. The molecular weight excluding hydrogens is 308 g/mol. The van der Waals surface area contributed by atoms with Crippen molar-refractivity contribution < 1.29 is 9.47 Å². The number of hydrogen-bond donors (Lipinski definition) is 0. The highest BCUT2D eigenvalue weighted by molar-refractivity contribution is 8.01. The van der Waals surface area contributed by atoms with Gasteiger partial charge in [-0.3, -0.25) is 9.88 Å². The summed E-state index contributed by atoms with van der Waals surface area (Å²) >= 11 is 2.14. The van der Waals surface area contributed by atoms with Crippen molar-refractivity contribution in [2.24, 2.45) is 5.92 Å². The van der Waals surface area contributed by atoms with Gasteiger partial charge in [-0.05, 0) is 42.9 Å². The number of thioether (sulfide) groups is 1. The highest BCUT2D eigenvalue weighted by atomic mass is 32.2. The Morgan fingerprint density at radius 3 is 2.83 bits per heavy atom. The van der Waals surface area contributed by atoms with E-state index in [0.29, 0.717) is 10.9 Å². The molecule has 1 aromatic rings. The minimum atomic E-state index is 0.464. The minimum absolute atomic E-state index is 0.464. The molecule has 4 heterocycles. The summed E-state index contributed by atoms with van der Waals surface area (Å²) in [5.41, 5.74) is 1.37. The maximum Gasteiger partial charge on any atom is 0.0680 e. The van der Waals surface area contributed by atoms with Crippen LogP contribution in [0.5, 0.6) is 0 Å². The van der Waals surface area contributed by atoms with E-state index in [-0.39, 0.29) is 0 Å². The standard InChI is InChI=1S/C18H26N2O2S/c1-5-19-6-2-15(1)10-20-13-18(14-20)9-17(12-23-18)22-11-16-3-7-21-8-4-16/h1-2,5-6,16-17H,3-4,7-14H2/t17-/m1/s1. The van der Waals surface area contributed by atoms with E-state index in [1.807, 2.05) is 12.4 Å². The SMILES string of the molecule is c1cc(CN2CC3(C[C@@H](OCC4CCOCC4)CS3)C2)ccn1. The predicted octanol–water partition coefficient (Wildman–Crippen LogP) is 2.58. The molecule has 0 aromatic carbocycles. The molecule has 0 saturated carbocycles. The zero-order chi connectivity index (χ0) is 15.5. The number of pyridine rings is 1. The second-order valence-electron chi connectivity index (χ2n) is 7.21. The first kappa shape index (κ1) is 15.9. The molecule has 1 atom stereocenters. The second kappa shape index (κ2) is 7.09. The summed E-state index contributed by atoms with van der Waals surface area (Å²) in [6.45, 7) is 6.24. The zero-order valence-electron chi connectivity index (χ0n) is 13.7. The van der Waals surface area contributed by atoms with Crippen molar-refractivity contribution >= 4 is 11.8 Å². The summed E-state index contributed by atoms with van der Waals surface area (Å²) in [5.74, 6) is 1.89. The molecule has 4 nitrogen and oxygen atoms in total. The molecule has 3 aliphatic heterocycles. The molecule has 0 radical (unpaired) electrons. The fourth-order valence-electron chi connectivity index (χ4n) is 3.94. The predicted molar refractivity (Wildman–Crippen MR) is 92.6 cm³/mol. The van der Waals surface area contributed by atoms with Gasteiger partial charge in [-0.25, -0.2) is 0 Å². The van der Waals surface area contributed by atoms with Crippen molar-refractivity contribution in [1.29, 1.82) is 0 Å². The van der Waals surface area contributed by atoms with E-state index >= 15 is 0 Å². The fourth-order valence-corrected chi connectivity index (χ4v) is 5.55. The lowest BCUT2D eigenvalue weighted by atomic mass is 9.92. The fraction of sp³-hybridized carbons (Fsp3) is 0.722. The van der Waals surface area contributed by atoms with Crippen LogP contribution in [0.4, 0.5) is 0 Å². The quantitative estimate of drug-likeness (QED) is 0.827. The van der Waals surface area contributed by atoms with Crippen LogP contribution in [0.15, 0.2) is 24.5 Å². The molecule has 3 fully saturated rings. The Morgan fingerprint density at radius 2 is 2.04 bits per heavy atom. The number of likely N-dealkylation sites (tertiary alicyclic amines) is 1. The third kappa shape index (κ3) is 3.90. The Hall–Kier alpha value is -0.620. The van der Waals surface area contributed by atoms with Gasteiger partial charge in [0.2, 0.25) is 0 Å². The summed E-state index contributed by atoms with van der Waals surface area (Å²) in [5, 5.41) is 0. The monoisotopic (exact) mass is 334 g/mol. The van der Waals surface area contributed by atoms with Gasteiger partial charge in [-0.1, -0.05) is 0 Å². The number of nitrogens with zero attached hydrogens (tertiary/aromatic N) is 2. The highest BCUT2D eigenvalue weighted by Crippen LogP contribution is 2.46. The van der Waals surface area contributed by atoms with Gasteiger partial charge in [0.05, 0.1) is 6.10 Å². The summed E-state index contributed by atoms with van der Waals surface area (Å²) < 4.78 is 12.1. The number of aromatic nitrogens is 1. The molecular formula is C18H26N2O2S. The van der Waals surface area contributed by atoms with Crippen LogP contribution in [0, 0.1) is 5.92 Å². The number of rotatable bonds is 5. The third-order valence-electron chi connectivity index (χ3n) is 5.26. The lowest BCUT2D eigenvalue weighted by Gasteiger charge is -2.47. The van der Waals surface area contributed by atoms with Gasteiger partial charge in [-0.2, -0.15) is 0 Å². The number of ether oxygens (including phenoxy) is 2. The van der Waals surface area contributed by atoms with E-state index in [1.54, 1.807) is 0 Å². The molecule has 0 aliphatic carbocycles. The van der Waals surface area contributed by atoms with Gasteiger partial charge in [0, 0.05) is 62.3 Å². The Morgan fingerprint density at radius 1 is 1.26 bits per heavy atom. The first-order chi connectivity index (χ1) is 11.3. The summed E-state index contributed by atoms with van der Waals surface area (Å²) in [4.78, 5) is 6.63.